The summed E-state index contributed by atoms with van der Waals surface area (Å²) in [5.41, 5.74) is 0. The summed E-state index contributed by atoms with van der Waals surface area (Å²) in [7, 11) is 0. The second-order valence-corrected chi connectivity index (χ2v) is 3.81. The second kappa shape index (κ2) is 4.02. The molecule has 0 fully saturated rings. The van der Waals surface area contributed by atoms with Crippen LogP contribution in [0.5, 0.6) is 0 Å². The molecule has 0 N–H and O–H groups in total. The molecule has 10 heavy (non-hydrogen) atoms. The van der Waals surface area contributed by atoms with Crippen LogP contribution in [0, 0.1) is 11.8 Å². The molecule has 0 bridgehead atoms. The molecule has 1 aromatic heterocycles. The van der Waals surface area contributed by atoms with Crippen LogP contribution in [0.1, 0.15) is 4.88 Å². The van der Waals surface area contributed by atoms with E-state index < -0.39 is 0 Å². The molecule has 0 spiro atoms. The Labute approximate surface area is 77.3 Å². The van der Waals surface area contributed by atoms with Gasteiger partial charge in [-0.15, -0.1) is 11.3 Å². The summed E-state index contributed by atoms with van der Waals surface area (Å²) in [6.45, 7) is 0. The van der Waals surface area contributed by atoms with Gasteiger partial charge in [0.15, 0.2) is 0 Å². The summed E-state index contributed by atoms with van der Waals surface area (Å²) in [5, 5.41) is 0.711. The zero-order chi connectivity index (χ0) is 7.40. The van der Waals surface area contributed by atoms with Gasteiger partial charge in [0.1, 0.15) is 0 Å². The van der Waals surface area contributed by atoms with E-state index in [0.717, 1.165) is 9.21 Å². The van der Waals surface area contributed by atoms with Crippen molar-refractivity contribution in [3.05, 3.63) is 21.3 Å². The first-order valence-corrected chi connectivity index (χ1v) is 4.94. The van der Waals surface area contributed by atoms with Crippen molar-refractivity contribution in [3.63, 3.8) is 0 Å². The lowest BCUT2D eigenvalue weighted by Gasteiger charge is -1.73. The Balaban J connectivity index is 2.76. The Bertz CT molecular complexity index is 269. The van der Waals surface area contributed by atoms with Crippen LogP contribution in [0.4, 0.5) is 0 Å². The molecule has 3 heteroatoms. The van der Waals surface area contributed by atoms with Crippen LogP contribution in [0.25, 0.3) is 0 Å². The molecule has 0 nitrogen and oxygen atoms in total. The molecule has 0 aliphatic rings. The zero-order valence-electron chi connectivity index (χ0n) is 5.03. The van der Waals surface area contributed by atoms with E-state index in [1.165, 1.54) is 11.3 Å². The van der Waals surface area contributed by atoms with Crippen molar-refractivity contribution >= 4 is 38.9 Å². The molecular formula is C7H4BrClS. The molecule has 0 aromatic carbocycles. The van der Waals surface area contributed by atoms with E-state index in [0.29, 0.717) is 5.33 Å². The van der Waals surface area contributed by atoms with Crippen molar-refractivity contribution in [2.75, 3.05) is 5.33 Å². The van der Waals surface area contributed by atoms with E-state index in [2.05, 4.69) is 27.8 Å². The van der Waals surface area contributed by atoms with Crippen molar-refractivity contribution < 1.29 is 0 Å². The minimum atomic E-state index is 0.711. The maximum atomic E-state index is 5.68. The molecule has 0 saturated heterocycles. The molecule has 0 atom stereocenters. The van der Waals surface area contributed by atoms with Gasteiger partial charge in [-0.05, 0) is 12.1 Å². The van der Waals surface area contributed by atoms with Gasteiger partial charge in [0, 0.05) is 0 Å². The van der Waals surface area contributed by atoms with Crippen molar-refractivity contribution in [2.45, 2.75) is 0 Å². The van der Waals surface area contributed by atoms with Gasteiger partial charge in [-0.2, -0.15) is 0 Å². The molecule has 0 aliphatic heterocycles. The quantitative estimate of drug-likeness (QED) is 0.479. The lowest BCUT2D eigenvalue weighted by Crippen LogP contribution is -1.60. The maximum absolute atomic E-state index is 5.68. The first-order chi connectivity index (χ1) is 4.83. The molecule has 0 amide bonds. The fourth-order valence-corrected chi connectivity index (χ4v) is 1.56. The normalized spacial score (nSPS) is 8.60. The van der Waals surface area contributed by atoms with E-state index >= 15 is 0 Å². The summed E-state index contributed by atoms with van der Waals surface area (Å²) >= 11 is 10.4. The van der Waals surface area contributed by atoms with Crippen molar-refractivity contribution in [1.29, 1.82) is 0 Å². The van der Waals surface area contributed by atoms with Crippen LogP contribution in [0.2, 0.25) is 4.34 Å². The predicted molar refractivity (Wildman–Crippen MR) is 50.0 cm³/mol. The third kappa shape index (κ3) is 2.34. The first-order valence-electron chi connectivity index (χ1n) is 2.63. The summed E-state index contributed by atoms with van der Waals surface area (Å²) in [5.74, 6) is 5.85. The fourth-order valence-electron chi connectivity index (χ4n) is 0.502. The first kappa shape index (κ1) is 8.13. The minimum Gasteiger partial charge on any atom is -0.115 e. The lowest BCUT2D eigenvalue weighted by atomic mass is 10.5. The molecular weight excluding hydrogens is 232 g/mol. The summed E-state index contributed by atoms with van der Waals surface area (Å²) in [6, 6.07) is 3.77. The highest BCUT2D eigenvalue weighted by molar-refractivity contribution is 9.09. The van der Waals surface area contributed by atoms with Gasteiger partial charge in [-0.1, -0.05) is 39.4 Å². The van der Waals surface area contributed by atoms with Crippen LogP contribution in [0.3, 0.4) is 0 Å². The minimum absolute atomic E-state index is 0.711. The van der Waals surface area contributed by atoms with Crippen LogP contribution < -0.4 is 0 Å². The Morgan fingerprint density at radius 2 is 2.40 bits per heavy atom. The average molecular weight is 236 g/mol. The number of thiophene rings is 1. The van der Waals surface area contributed by atoms with Crippen molar-refractivity contribution in [1.82, 2.24) is 0 Å². The van der Waals surface area contributed by atoms with E-state index in [1.54, 1.807) is 0 Å². The SMILES string of the molecule is Clc1ccc(C#CCBr)s1. The van der Waals surface area contributed by atoms with Gasteiger partial charge in [0.2, 0.25) is 0 Å². The van der Waals surface area contributed by atoms with Crippen LogP contribution >= 0.6 is 38.9 Å². The molecule has 1 aromatic rings. The average Bonchev–Trinajstić information content (AvgIpc) is 2.31. The van der Waals surface area contributed by atoms with Gasteiger partial charge in [0.05, 0.1) is 14.5 Å². The number of hydrogen-bond donors (Lipinski definition) is 0. The molecule has 0 aliphatic carbocycles. The number of rotatable bonds is 0. The van der Waals surface area contributed by atoms with Crippen molar-refractivity contribution in [2.24, 2.45) is 0 Å². The van der Waals surface area contributed by atoms with Crippen molar-refractivity contribution in [3.8, 4) is 11.8 Å². The third-order valence-corrected chi connectivity index (χ3v) is 2.28. The Morgan fingerprint density at radius 3 is 2.90 bits per heavy atom. The van der Waals surface area contributed by atoms with Gasteiger partial charge in [-0.25, -0.2) is 0 Å². The second-order valence-electron chi connectivity index (χ2n) is 1.54. The fraction of sp³-hybridized carbons (Fsp3) is 0.143. The number of halogens is 2. The van der Waals surface area contributed by atoms with E-state index in [4.69, 9.17) is 11.6 Å². The molecule has 52 valence electrons. The van der Waals surface area contributed by atoms with Gasteiger partial charge in [-0.3, -0.25) is 0 Å². The standard InChI is InChI=1S/C7H4BrClS/c8-5-1-2-6-3-4-7(9)10-6/h3-4H,5H2. The van der Waals surface area contributed by atoms with Gasteiger partial charge >= 0.3 is 0 Å². The molecule has 1 heterocycles. The number of hydrogen-bond acceptors (Lipinski definition) is 1. The summed E-state index contributed by atoms with van der Waals surface area (Å²) in [6.07, 6.45) is 0. The Kier molecular flexibility index (Phi) is 3.27. The van der Waals surface area contributed by atoms with Gasteiger partial charge < -0.3 is 0 Å². The monoisotopic (exact) mass is 234 g/mol. The third-order valence-electron chi connectivity index (χ3n) is 0.852. The molecule has 1 rings (SSSR count). The predicted octanol–water partition coefficient (Wildman–Crippen LogP) is 3.15. The highest BCUT2D eigenvalue weighted by Gasteiger charge is 1.90. The summed E-state index contributed by atoms with van der Waals surface area (Å²) < 4.78 is 0.791. The van der Waals surface area contributed by atoms with E-state index in [1.807, 2.05) is 12.1 Å². The maximum Gasteiger partial charge on any atom is 0.0941 e. The van der Waals surface area contributed by atoms with Gasteiger partial charge in [0.25, 0.3) is 0 Å². The van der Waals surface area contributed by atoms with E-state index in [-0.39, 0.29) is 0 Å². The lowest BCUT2D eigenvalue weighted by molar-refractivity contribution is 1.90. The highest BCUT2D eigenvalue weighted by Crippen LogP contribution is 2.19. The van der Waals surface area contributed by atoms with Crippen LogP contribution in [0.15, 0.2) is 12.1 Å². The summed E-state index contributed by atoms with van der Waals surface area (Å²) in [4.78, 5) is 1.02. The zero-order valence-corrected chi connectivity index (χ0v) is 8.18. The topological polar surface area (TPSA) is 0 Å². The van der Waals surface area contributed by atoms with Crippen LogP contribution in [-0.4, -0.2) is 5.33 Å². The smallest absolute Gasteiger partial charge is 0.0941 e. The van der Waals surface area contributed by atoms with Crippen LogP contribution in [-0.2, 0) is 0 Å². The molecule has 0 saturated carbocycles. The highest BCUT2D eigenvalue weighted by atomic mass is 79.9. The Hall–Kier alpha value is 0.0300. The number of alkyl halides is 1. The Morgan fingerprint density at radius 1 is 1.60 bits per heavy atom. The molecule has 0 radical (unpaired) electrons. The molecule has 0 unspecified atom stereocenters. The largest absolute Gasteiger partial charge is 0.115 e. The van der Waals surface area contributed by atoms with E-state index in [9.17, 15) is 0 Å².